The van der Waals surface area contributed by atoms with Crippen LogP contribution < -0.4 is 5.56 Å². The molecule has 1 aliphatic heterocycles. The lowest BCUT2D eigenvalue weighted by molar-refractivity contribution is -0.231. The van der Waals surface area contributed by atoms with Crippen LogP contribution in [0, 0.1) is 5.82 Å². The van der Waals surface area contributed by atoms with Gasteiger partial charge in [-0.2, -0.15) is 26.3 Å². The van der Waals surface area contributed by atoms with Crippen molar-refractivity contribution >= 4 is 0 Å². The van der Waals surface area contributed by atoms with Gasteiger partial charge in [-0.25, -0.2) is 4.39 Å². The fourth-order valence-electron chi connectivity index (χ4n) is 4.18. The first-order valence-corrected chi connectivity index (χ1v) is 11.1. The summed E-state index contributed by atoms with van der Waals surface area (Å²) in [5, 5.41) is 5.14. The molecule has 0 saturated carbocycles. The third-order valence-corrected chi connectivity index (χ3v) is 5.97. The van der Waals surface area contributed by atoms with Crippen LogP contribution >= 0.6 is 0 Å². The van der Waals surface area contributed by atoms with Crippen molar-refractivity contribution in [3.05, 3.63) is 92.6 Å². The van der Waals surface area contributed by atoms with Gasteiger partial charge in [-0.1, -0.05) is 12.1 Å². The van der Waals surface area contributed by atoms with E-state index in [1.54, 1.807) is 0 Å². The third-order valence-electron chi connectivity index (χ3n) is 5.97. The van der Waals surface area contributed by atoms with Crippen molar-refractivity contribution in [2.75, 3.05) is 13.2 Å². The molecular formula is C24H22F7N3O3. The van der Waals surface area contributed by atoms with Crippen LogP contribution in [0.2, 0.25) is 0 Å². The summed E-state index contributed by atoms with van der Waals surface area (Å²) in [6.45, 7) is 2.01. The molecule has 0 radical (unpaired) electrons. The largest absolute Gasteiger partial charge is 0.416 e. The summed E-state index contributed by atoms with van der Waals surface area (Å²) in [7, 11) is 0. The highest BCUT2D eigenvalue weighted by Gasteiger charge is 2.39. The Kier molecular flexibility index (Phi) is 7.49. The number of rotatable bonds is 6. The van der Waals surface area contributed by atoms with Gasteiger partial charge < -0.3 is 14.6 Å². The lowest BCUT2D eigenvalue weighted by atomic mass is 10.0. The van der Waals surface area contributed by atoms with Crippen molar-refractivity contribution < 1.29 is 40.2 Å². The summed E-state index contributed by atoms with van der Waals surface area (Å²) in [6, 6.07) is 7.28. The fourth-order valence-corrected chi connectivity index (χ4v) is 4.18. The SMILES string of the molecule is C[C@@H](O[C@H]1OCCN(Cc2cc(=O)[nH][nH]2)[C@H]1c1ccc(F)cc1)c1cc(C(F)(F)F)cc(C(F)(F)F)c1. The molecule has 4 rings (SSSR count). The van der Waals surface area contributed by atoms with Gasteiger partial charge >= 0.3 is 12.4 Å². The predicted molar refractivity (Wildman–Crippen MR) is 117 cm³/mol. The Morgan fingerprint density at radius 1 is 1.00 bits per heavy atom. The maximum Gasteiger partial charge on any atom is 0.416 e. The number of aromatic amines is 2. The highest BCUT2D eigenvalue weighted by Crippen LogP contribution is 2.39. The number of hydrogen-bond acceptors (Lipinski definition) is 4. The maximum absolute atomic E-state index is 13.6. The molecule has 0 aliphatic carbocycles. The van der Waals surface area contributed by atoms with E-state index < -0.39 is 47.7 Å². The van der Waals surface area contributed by atoms with Gasteiger partial charge in [0.25, 0.3) is 5.56 Å². The molecule has 1 aromatic heterocycles. The second-order valence-electron chi connectivity index (χ2n) is 8.61. The maximum atomic E-state index is 13.6. The number of aromatic nitrogens is 2. The van der Waals surface area contributed by atoms with E-state index in [0.717, 1.165) is 0 Å². The molecule has 37 heavy (non-hydrogen) atoms. The van der Waals surface area contributed by atoms with Gasteiger partial charge in [0, 0.05) is 19.2 Å². The predicted octanol–water partition coefficient (Wildman–Crippen LogP) is 5.56. The molecule has 1 saturated heterocycles. The Bertz CT molecular complexity index is 1240. The second kappa shape index (κ2) is 10.3. The molecule has 3 aromatic rings. The molecule has 2 heterocycles. The number of nitrogens with zero attached hydrogens (tertiary/aromatic N) is 1. The molecule has 200 valence electrons. The van der Waals surface area contributed by atoms with E-state index in [1.165, 1.54) is 37.3 Å². The Hall–Kier alpha value is -3.16. The zero-order valence-electron chi connectivity index (χ0n) is 19.3. The number of nitrogens with one attached hydrogen (secondary N) is 2. The molecule has 3 atom stereocenters. The molecule has 6 nitrogen and oxygen atoms in total. The number of H-pyrrole nitrogens is 2. The fraction of sp³-hybridized carbons (Fsp3) is 0.375. The van der Waals surface area contributed by atoms with Crippen LogP contribution in [-0.4, -0.2) is 34.5 Å². The zero-order valence-corrected chi connectivity index (χ0v) is 19.3. The molecule has 0 spiro atoms. The van der Waals surface area contributed by atoms with Crippen molar-refractivity contribution in [1.29, 1.82) is 0 Å². The number of halogens is 7. The minimum Gasteiger partial charge on any atom is -0.349 e. The van der Waals surface area contributed by atoms with Gasteiger partial charge in [0.05, 0.1) is 35.6 Å². The third kappa shape index (κ3) is 6.40. The standard InChI is InChI=1S/C24H22F7N3O3/c1-13(15-8-16(23(26,27)28)10-17(9-15)24(29,30)31)37-22-21(14-2-4-18(25)5-3-14)34(6-7-36-22)12-19-11-20(35)33-32-19/h2-5,8-11,13,21-22H,6-7,12H2,1H3,(H2,32,33,35)/t13-,21+,22-/m1/s1. The van der Waals surface area contributed by atoms with Crippen LogP contribution in [0.4, 0.5) is 30.7 Å². The lowest BCUT2D eigenvalue weighted by Crippen LogP contribution is -2.46. The Balaban J connectivity index is 1.66. The molecule has 0 amide bonds. The van der Waals surface area contributed by atoms with Crippen molar-refractivity contribution in [3.8, 4) is 0 Å². The quantitative estimate of drug-likeness (QED) is 0.408. The summed E-state index contributed by atoms with van der Waals surface area (Å²) in [5.41, 5.74) is -2.53. The van der Waals surface area contributed by atoms with E-state index in [-0.39, 0.29) is 30.3 Å². The number of hydrogen-bond donors (Lipinski definition) is 2. The molecule has 13 heteroatoms. The van der Waals surface area contributed by atoms with Crippen molar-refractivity contribution in [1.82, 2.24) is 15.1 Å². The normalized spacial score (nSPS) is 20.2. The van der Waals surface area contributed by atoms with Gasteiger partial charge in [0.1, 0.15) is 5.82 Å². The molecule has 2 aromatic carbocycles. The summed E-state index contributed by atoms with van der Waals surface area (Å²) in [4.78, 5) is 13.4. The average Bonchev–Trinajstić information content (AvgIpc) is 3.23. The first kappa shape index (κ1) is 26.9. The van der Waals surface area contributed by atoms with Gasteiger partial charge in [0.15, 0.2) is 6.29 Å². The first-order chi connectivity index (χ1) is 17.3. The Labute approximate surface area is 206 Å². The van der Waals surface area contributed by atoms with E-state index in [2.05, 4.69) is 10.2 Å². The average molecular weight is 533 g/mol. The molecular weight excluding hydrogens is 511 g/mol. The van der Waals surface area contributed by atoms with E-state index in [1.807, 2.05) is 4.90 Å². The van der Waals surface area contributed by atoms with Crippen LogP contribution in [0.1, 0.15) is 47.0 Å². The number of alkyl halides is 6. The number of ether oxygens (including phenoxy) is 2. The van der Waals surface area contributed by atoms with E-state index in [4.69, 9.17) is 9.47 Å². The van der Waals surface area contributed by atoms with E-state index in [9.17, 15) is 35.5 Å². The van der Waals surface area contributed by atoms with Crippen molar-refractivity contribution in [3.63, 3.8) is 0 Å². The molecule has 2 N–H and O–H groups in total. The summed E-state index contributed by atoms with van der Waals surface area (Å²) < 4.78 is 105. The summed E-state index contributed by atoms with van der Waals surface area (Å²) >= 11 is 0. The number of morpholine rings is 1. The van der Waals surface area contributed by atoms with Crippen molar-refractivity contribution in [2.24, 2.45) is 0 Å². The minimum absolute atomic E-state index is 0.0496. The van der Waals surface area contributed by atoms with Gasteiger partial charge in [-0.3, -0.25) is 14.8 Å². The Morgan fingerprint density at radius 2 is 1.62 bits per heavy atom. The molecule has 1 fully saturated rings. The first-order valence-electron chi connectivity index (χ1n) is 11.1. The van der Waals surface area contributed by atoms with Crippen LogP contribution in [0.5, 0.6) is 0 Å². The Morgan fingerprint density at radius 3 is 2.16 bits per heavy atom. The molecule has 1 aliphatic rings. The van der Waals surface area contributed by atoms with Crippen LogP contribution in [-0.2, 0) is 28.4 Å². The van der Waals surface area contributed by atoms with E-state index in [0.29, 0.717) is 29.9 Å². The number of benzene rings is 2. The monoisotopic (exact) mass is 533 g/mol. The minimum atomic E-state index is -5.00. The van der Waals surface area contributed by atoms with Crippen LogP contribution in [0.15, 0.2) is 53.3 Å². The van der Waals surface area contributed by atoms with Crippen molar-refractivity contribution in [2.45, 2.75) is 44.3 Å². The zero-order chi connectivity index (χ0) is 27.0. The summed E-state index contributed by atoms with van der Waals surface area (Å²) in [5.74, 6) is -0.503. The lowest BCUT2D eigenvalue weighted by Gasteiger charge is -2.42. The topological polar surface area (TPSA) is 70.3 Å². The highest BCUT2D eigenvalue weighted by atomic mass is 19.4. The van der Waals surface area contributed by atoms with Gasteiger partial charge in [0.2, 0.25) is 0 Å². The molecule has 0 bridgehead atoms. The van der Waals surface area contributed by atoms with E-state index >= 15 is 0 Å². The van der Waals surface area contributed by atoms with Gasteiger partial charge in [-0.15, -0.1) is 0 Å². The van der Waals surface area contributed by atoms with Gasteiger partial charge in [-0.05, 0) is 48.4 Å². The van der Waals surface area contributed by atoms with Crippen LogP contribution in [0.3, 0.4) is 0 Å². The highest BCUT2D eigenvalue weighted by molar-refractivity contribution is 5.34. The summed E-state index contributed by atoms with van der Waals surface area (Å²) in [6.07, 6.45) is -12.4. The van der Waals surface area contributed by atoms with Crippen LogP contribution in [0.25, 0.3) is 0 Å². The molecule has 0 unspecified atom stereocenters. The smallest absolute Gasteiger partial charge is 0.349 e. The second-order valence-corrected chi connectivity index (χ2v) is 8.61.